The van der Waals surface area contributed by atoms with Gasteiger partial charge in [0.15, 0.2) is 0 Å². The molecule has 2 aromatic carbocycles. The van der Waals surface area contributed by atoms with Crippen molar-refractivity contribution in [3.63, 3.8) is 0 Å². The van der Waals surface area contributed by atoms with Crippen LogP contribution in [-0.2, 0) is 6.61 Å². The largest absolute Gasteiger partial charge is 0.488 e. The molecule has 0 aliphatic carbocycles. The monoisotopic (exact) mass is 273 g/mol. The van der Waals surface area contributed by atoms with Gasteiger partial charge in [0.05, 0.1) is 10.5 Å². The normalized spacial score (nSPS) is 9.35. The van der Waals surface area contributed by atoms with Crippen molar-refractivity contribution in [3.05, 3.63) is 69.8 Å². The molecule has 0 aliphatic heterocycles. The number of benzene rings is 2. The number of nitro groups is 1. The van der Waals surface area contributed by atoms with Crippen molar-refractivity contribution in [2.75, 3.05) is 0 Å². The van der Waals surface area contributed by atoms with Crippen LogP contribution in [0.4, 0.5) is 5.69 Å². The molecule has 4 nitrogen and oxygen atoms in total. The molecule has 0 aromatic heterocycles. The molecule has 106 valence electrons. The Morgan fingerprint density at radius 3 is 2.30 bits per heavy atom. The third-order valence-electron chi connectivity index (χ3n) is 2.67. The highest BCUT2D eigenvalue weighted by molar-refractivity contribution is 5.40. The van der Waals surface area contributed by atoms with Crippen LogP contribution < -0.4 is 4.74 Å². The number of nitrogens with zero attached hydrogens (tertiary/aromatic N) is 1. The van der Waals surface area contributed by atoms with Gasteiger partial charge in [0.2, 0.25) is 0 Å². The molecule has 0 bridgehead atoms. The zero-order valence-electron chi connectivity index (χ0n) is 12.0. The molecule has 0 unspecified atom stereocenters. The smallest absolute Gasteiger partial charge is 0.276 e. The van der Waals surface area contributed by atoms with E-state index in [-0.39, 0.29) is 12.3 Å². The van der Waals surface area contributed by atoms with Crippen molar-refractivity contribution in [2.45, 2.75) is 27.4 Å². The third kappa shape index (κ3) is 4.09. The van der Waals surface area contributed by atoms with Crippen LogP contribution in [0.2, 0.25) is 0 Å². The Kier molecular flexibility index (Phi) is 6.23. The maximum atomic E-state index is 10.9. The Morgan fingerprint density at radius 2 is 1.65 bits per heavy atom. The molecule has 0 saturated heterocycles. The van der Waals surface area contributed by atoms with Crippen molar-refractivity contribution in [2.24, 2.45) is 0 Å². The number of rotatable bonds is 4. The lowest BCUT2D eigenvalue weighted by atomic mass is 10.2. The van der Waals surface area contributed by atoms with E-state index in [2.05, 4.69) is 0 Å². The molecule has 2 rings (SSSR count). The van der Waals surface area contributed by atoms with E-state index >= 15 is 0 Å². The van der Waals surface area contributed by atoms with E-state index in [1.165, 1.54) is 6.07 Å². The molecule has 0 fully saturated rings. The lowest BCUT2D eigenvalue weighted by Gasteiger charge is -2.08. The lowest BCUT2D eigenvalue weighted by Crippen LogP contribution is -2.01. The van der Waals surface area contributed by atoms with Gasteiger partial charge >= 0.3 is 0 Å². The quantitative estimate of drug-likeness (QED) is 0.608. The molecular formula is C16H19NO3. The van der Waals surface area contributed by atoms with Gasteiger partial charge in [-0.25, -0.2) is 0 Å². The molecule has 0 heterocycles. The first-order valence-electron chi connectivity index (χ1n) is 6.59. The van der Waals surface area contributed by atoms with Crippen LogP contribution in [0.15, 0.2) is 48.5 Å². The molecular weight excluding hydrogens is 254 g/mol. The van der Waals surface area contributed by atoms with Gasteiger partial charge < -0.3 is 4.74 Å². The summed E-state index contributed by atoms with van der Waals surface area (Å²) >= 11 is 0. The Labute approximate surface area is 119 Å². The summed E-state index contributed by atoms with van der Waals surface area (Å²) < 4.78 is 5.61. The Balaban J connectivity index is 0.000000956. The van der Waals surface area contributed by atoms with Crippen molar-refractivity contribution in [1.29, 1.82) is 0 Å². The third-order valence-corrected chi connectivity index (χ3v) is 2.67. The van der Waals surface area contributed by atoms with Crippen molar-refractivity contribution in [1.82, 2.24) is 0 Å². The SMILES string of the molecule is CC.Cc1ccccc1OCc1ccccc1[N+](=O)[O-]. The van der Waals surface area contributed by atoms with Crippen LogP contribution in [0.3, 0.4) is 0 Å². The van der Waals surface area contributed by atoms with Crippen LogP contribution in [0.1, 0.15) is 25.0 Å². The predicted molar refractivity (Wildman–Crippen MR) is 80.0 cm³/mol. The highest BCUT2D eigenvalue weighted by Gasteiger charge is 2.12. The van der Waals surface area contributed by atoms with Gasteiger partial charge in [-0.2, -0.15) is 0 Å². The van der Waals surface area contributed by atoms with Crippen LogP contribution in [0, 0.1) is 17.0 Å². The maximum Gasteiger partial charge on any atom is 0.276 e. The van der Waals surface area contributed by atoms with Gasteiger partial charge in [-0.1, -0.05) is 44.2 Å². The van der Waals surface area contributed by atoms with Gasteiger partial charge in [0, 0.05) is 6.07 Å². The Bertz CT molecular complexity index is 567. The standard InChI is InChI=1S/C14H13NO3.C2H6/c1-11-6-2-5-9-14(11)18-10-12-7-3-4-8-13(12)15(16)17;1-2/h2-9H,10H2,1H3;1-2H3. The molecule has 0 atom stereocenters. The first-order chi connectivity index (χ1) is 9.68. The second kappa shape index (κ2) is 7.94. The zero-order valence-corrected chi connectivity index (χ0v) is 12.0. The number of ether oxygens (including phenoxy) is 1. The highest BCUT2D eigenvalue weighted by Crippen LogP contribution is 2.22. The second-order valence-electron chi connectivity index (χ2n) is 3.94. The fraction of sp³-hybridized carbons (Fsp3) is 0.250. The maximum absolute atomic E-state index is 10.9. The fourth-order valence-corrected chi connectivity index (χ4v) is 1.68. The fourth-order valence-electron chi connectivity index (χ4n) is 1.68. The number of para-hydroxylation sites is 2. The van der Waals surface area contributed by atoms with E-state index in [0.717, 1.165) is 11.3 Å². The summed E-state index contributed by atoms with van der Waals surface area (Å²) in [5.41, 5.74) is 1.67. The number of hydrogen-bond donors (Lipinski definition) is 0. The zero-order chi connectivity index (χ0) is 15.0. The van der Waals surface area contributed by atoms with Crippen molar-refractivity contribution >= 4 is 5.69 Å². The van der Waals surface area contributed by atoms with Gasteiger partial charge in [-0.15, -0.1) is 0 Å². The molecule has 0 radical (unpaired) electrons. The minimum atomic E-state index is -0.392. The number of aryl methyl sites for hydroxylation is 1. The van der Waals surface area contributed by atoms with E-state index in [9.17, 15) is 10.1 Å². The second-order valence-corrected chi connectivity index (χ2v) is 3.94. The summed E-state index contributed by atoms with van der Waals surface area (Å²) in [6.45, 7) is 6.14. The lowest BCUT2D eigenvalue weighted by molar-refractivity contribution is -0.385. The molecule has 4 heteroatoms. The van der Waals surface area contributed by atoms with E-state index < -0.39 is 4.92 Å². The molecule has 0 spiro atoms. The van der Waals surface area contributed by atoms with Crippen LogP contribution in [-0.4, -0.2) is 4.92 Å². The summed E-state index contributed by atoms with van der Waals surface area (Å²) in [4.78, 5) is 10.5. The average molecular weight is 273 g/mol. The summed E-state index contributed by atoms with van der Waals surface area (Å²) in [6, 6.07) is 14.2. The van der Waals surface area contributed by atoms with E-state index in [1.54, 1.807) is 18.2 Å². The van der Waals surface area contributed by atoms with Crippen LogP contribution in [0.5, 0.6) is 5.75 Å². The summed E-state index contributed by atoms with van der Waals surface area (Å²) in [7, 11) is 0. The van der Waals surface area contributed by atoms with Crippen LogP contribution in [0.25, 0.3) is 0 Å². The van der Waals surface area contributed by atoms with Gasteiger partial charge in [0.25, 0.3) is 5.69 Å². The van der Waals surface area contributed by atoms with E-state index in [4.69, 9.17) is 4.74 Å². The first kappa shape index (κ1) is 15.7. The van der Waals surface area contributed by atoms with Gasteiger partial charge in [-0.3, -0.25) is 10.1 Å². The van der Waals surface area contributed by atoms with E-state index in [0.29, 0.717) is 5.56 Å². The van der Waals surface area contributed by atoms with E-state index in [1.807, 2.05) is 45.0 Å². The highest BCUT2D eigenvalue weighted by atomic mass is 16.6. The minimum absolute atomic E-state index is 0.0890. The molecule has 0 N–H and O–H groups in total. The molecule has 2 aromatic rings. The predicted octanol–water partition coefficient (Wildman–Crippen LogP) is 4.51. The topological polar surface area (TPSA) is 52.4 Å². The van der Waals surface area contributed by atoms with Crippen LogP contribution >= 0.6 is 0 Å². The molecule has 0 amide bonds. The molecule has 20 heavy (non-hydrogen) atoms. The summed E-state index contributed by atoms with van der Waals surface area (Å²) in [5.74, 6) is 0.746. The number of hydrogen-bond acceptors (Lipinski definition) is 3. The van der Waals surface area contributed by atoms with Crippen molar-refractivity contribution < 1.29 is 9.66 Å². The average Bonchev–Trinajstić information content (AvgIpc) is 2.49. The summed E-state index contributed by atoms with van der Waals surface area (Å²) in [5, 5.41) is 10.9. The minimum Gasteiger partial charge on any atom is -0.488 e. The van der Waals surface area contributed by atoms with Gasteiger partial charge in [-0.05, 0) is 24.6 Å². The van der Waals surface area contributed by atoms with Gasteiger partial charge in [0.1, 0.15) is 12.4 Å². The Hall–Kier alpha value is -2.36. The molecule has 0 saturated carbocycles. The number of nitro benzene ring substituents is 1. The first-order valence-corrected chi connectivity index (χ1v) is 6.59. The Morgan fingerprint density at radius 1 is 1.05 bits per heavy atom. The van der Waals surface area contributed by atoms with Crippen molar-refractivity contribution in [3.8, 4) is 5.75 Å². The molecule has 0 aliphatic rings. The summed E-state index contributed by atoms with van der Waals surface area (Å²) in [6.07, 6.45) is 0.